The van der Waals surface area contributed by atoms with Crippen LogP contribution in [-0.4, -0.2) is 34.0 Å². The van der Waals surface area contributed by atoms with Gasteiger partial charge in [-0.1, -0.05) is 35.5 Å². The van der Waals surface area contributed by atoms with Crippen LogP contribution in [0.1, 0.15) is 36.8 Å². The lowest BCUT2D eigenvalue weighted by atomic mass is 10.1. The molecule has 0 aliphatic heterocycles. The topological polar surface area (TPSA) is 97.1 Å². The van der Waals surface area contributed by atoms with Crippen molar-refractivity contribution in [2.24, 2.45) is 0 Å². The van der Waals surface area contributed by atoms with Crippen molar-refractivity contribution in [2.45, 2.75) is 33.2 Å². The summed E-state index contributed by atoms with van der Waals surface area (Å²) in [5, 5.41) is 9.94. The fraction of sp³-hybridized carbons (Fsp3) is 0.300. The molecule has 140 valence electrons. The quantitative estimate of drug-likeness (QED) is 0.740. The first-order valence-corrected chi connectivity index (χ1v) is 8.66. The van der Waals surface area contributed by atoms with Crippen LogP contribution in [0.25, 0.3) is 22.4 Å². The minimum absolute atomic E-state index is 0.120. The molecule has 0 radical (unpaired) electrons. The number of carbonyl (C=O) groups is 2. The van der Waals surface area contributed by atoms with Crippen LogP contribution in [0.2, 0.25) is 0 Å². The van der Waals surface area contributed by atoms with E-state index in [1.807, 2.05) is 51.1 Å². The molecule has 0 saturated carbocycles. The molecule has 7 nitrogen and oxygen atoms in total. The van der Waals surface area contributed by atoms with Gasteiger partial charge in [0.05, 0.1) is 28.9 Å². The van der Waals surface area contributed by atoms with Gasteiger partial charge in [0, 0.05) is 11.1 Å². The Morgan fingerprint density at radius 2 is 1.85 bits per heavy atom. The van der Waals surface area contributed by atoms with Gasteiger partial charge in [-0.15, -0.1) is 0 Å². The number of aryl methyl sites for hydroxylation is 1. The smallest absolute Gasteiger partial charge is 0.259 e. The second-order valence-corrected chi connectivity index (χ2v) is 7.35. The van der Waals surface area contributed by atoms with Crippen LogP contribution in [0.4, 0.5) is 0 Å². The van der Waals surface area contributed by atoms with E-state index in [9.17, 15) is 9.59 Å². The van der Waals surface area contributed by atoms with Gasteiger partial charge in [0.15, 0.2) is 0 Å². The van der Waals surface area contributed by atoms with Crippen LogP contribution < -0.4 is 10.6 Å². The number of nitrogens with one attached hydrogen (secondary N) is 2. The molecule has 0 unspecified atom stereocenters. The average Bonchev–Trinajstić information content (AvgIpc) is 2.99. The van der Waals surface area contributed by atoms with Crippen LogP contribution >= 0.6 is 0 Å². The van der Waals surface area contributed by atoms with E-state index in [4.69, 9.17) is 4.52 Å². The molecule has 0 aliphatic rings. The van der Waals surface area contributed by atoms with E-state index in [1.54, 1.807) is 13.0 Å². The summed E-state index contributed by atoms with van der Waals surface area (Å²) in [6.07, 6.45) is 0. The van der Waals surface area contributed by atoms with Crippen LogP contribution in [0.3, 0.4) is 0 Å². The minimum Gasteiger partial charge on any atom is -0.350 e. The number of carbonyl (C=O) groups excluding carboxylic acids is 2. The molecule has 0 atom stereocenters. The fourth-order valence-corrected chi connectivity index (χ4v) is 2.75. The Bertz CT molecular complexity index is 988. The van der Waals surface area contributed by atoms with E-state index >= 15 is 0 Å². The van der Waals surface area contributed by atoms with Gasteiger partial charge in [0.25, 0.3) is 11.6 Å². The van der Waals surface area contributed by atoms with Crippen LogP contribution in [0.5, 0.6) is 0 Å². The first-order chi connectivity index (χ1) is 12.7. The third kappa shape index (κ3) is 4.31. The lowest BCUT2D eigenvalue weighted by Gasteiger charge is -2.20. The van der Waals surface area contributed by atoms with E-state index in [1.165, 1.54) is 0 Å². The molecule has 2 amide bonds. The monoisotopic (exact) mass is 366 g/mol. The summed E-state index contributed by atoms with van der Waals surface area (Å²) in [4.78, 5) is 29.2. The number of pyridine rings is 1. The maximum Gasteiger partial charge on any atom is 0.259 e. The highest BCUT2D eigenvalue weighted by molar-refractivity contribution is 6.07. The lowest BCUT2D eigenvalue weighted by molar-refractivity contribution is -0.121. The van der Waals surface area contributed by atoms with Gasteiger partial charge < -0.3 is 15.2 Å². The molecule has 0 aliphatic carbocycles. The predicted molar refractivity (Wildman–Crippen MR) is 102 cm³/mol. The second-order valence-electron chi connectivity index (χ2n) is 7.35. The third-order valence-electron chi connectivity index (χ3n) is 3.86. The Hall–Kier alpha value is -3.22. The van der Waals surface area contributed by atoms with E-state index in [2.05, 4.69) is 20.8 Å². The molecule has 0 spiro atoms. The summed E-state index contributed by atoms with van der Waals surface area (Å²) >= 11 is 0. The molecule has 2 N–H and O–H groups in total. The van der Waals surface area contributed by atoms with Crippen LogP contribution in [-0.2, 0) is 4.79 Å². The van der Waals surface area contributed by atoms with Gasteiger partial charge in [0.2, 0.25) is 5.91 Å². The Balaban J connectivity index is 1.91. The molecule has 0 fully saturated rings. The Morgan fingerprint density at radius 3 is 2.52 bits per heavy atom. The standard InChI is InChI=1S/C20H22N4O3/c1-12-17-14(18(26)21-11-16(25)23-20(2,3)4)10-15(22-19(17)27-24-12)13-8-6-5-7-9-13/h5-10H,11H2,1-4H3,(H,21,26)(H,23,25). The van der Waals surface area contributed by atoms with Gasteiger partial charge in [-0.05, 0) is 33.8 Å². The molecule has 3 aromatic rings. The van der Waals surface area contributed by atoms with Crippen LogP contribution in [0, 0.1) is 6.92 Å². The van der Waals surface area contributed by atoms with Crippen molar-refractivity contribution in [3.63, 3.8) is 0 Å². The number of fused-ring (bicyclic) bond motifs is 1. The van der Waals surface area contributed by atoms with Crippen molar-refractivity contribution in [3.8, 4) is 11.3 Å². The van der Waals surface area contributed by atoms with Gasteiger partial charge in [-0.3, -0.25) is 9.59 Å². The highest BCUT2D eigenvalue weighted by Gasteiger charge is 2.20. The average molecular weight is 366 g/mol. The molecule has 0 saturated heterocycles. The summed E-state index contributed by atoms with van der Waals surface area (Å²) < 4.78 is 5.27. The zero-order valence-electron chi connectivity index (χ0n) is 15.8. The zero-order chi connectivity index (χ0) is 19.6. The summed E-state index contributed by atoms with van der Waals surface area (Å²) in [5.41, 5.74) is 2.33. The highest BCUT2D eigenvalue weighted by atomic mass is 16.5. The van der Waals surface area contributed by atoms with Gasteiger partial charge >= 0.3 is 0 Å². The Kier molecular flexibility index (Phi) is 4.94. The second kappa shape index (κ2) is 7.19. The Morgan fingerprint density at radius 1 is 1.15 bits per heavy atom. The Labute approximate surface area is 157 Å². The number of aromatic nitrogens is 2. The molecular weight excluding hydrogens is 344 g/mol. The molecule has 27 heavy (non-hydrogen) atoms. The summed E-state index contributed by atoms with van der Waals surface area (Å²) in [7, 11) is 0. The molecule has 2 aromatic heterocycles. The largest absolute Gasteiger partial charge is 0.350 e. The zero-order valence-corrected chi connectivity index (χ0v) is 15.8. The molecule has 2 heterocycles. The molecular formula is C20H22N4O3. The number of hydrogen-bond donors (Lipinski definition) is 2. The summed E-state index contributed by atoms with van der Waals surface area (Å²) in [5.74, 6) is -0.638. The maximum atomic E-state index is 12.8. The number of nitrogens with zero attached hydrogens (tertiary/aromatic N) is 2. The van der Waals surface area contributed by atoms with Gasteiger partial charge in [0.1, 0.15) is 0 Å². The van der Waals surface area contributed by atoms with E-state index in [-0.39, 0.29) is 29.6 Å². The first-order valence-electron chi connectivity index (χ1n) is 8.66. The van der Waals surface area contributed by atoms with Crippen molar-refractivity contribution in [1.29, 1.82) is 0 Å². The number of amides is 2. The maximum absolute atomic E-state index is 12.8. The fourth-order valence-electron chi connectivity index (χ4n) is 2.75. The number of benzene rings is 1. The molecule has 1 aromatic carbocycles. The first kappa shape index (κ1) is 18.6. The van der Waals surface area contributed by atoms with Crippen molar-refractivity contribution < 1.29 is 14.1 Å². The summed E-state index contributed by atoms with van der Waals surface area (Å²) in [6.45, 7) is 7.27. The van der Waals surface area contributed by atoms with Crippen molar-refractivity contribution in [1.82, 2.24) is 20.8 Å². The van der Waals surface area contributed by atoms with E-state index in [0.717, 1.165) is 5.56 Å². The van der Waals surface area contributed by atoms with Crippen LogP contribution in [0.15, 0.2) is 40.9 Å². The molecule has 7 heteroatoms. The van der Waals surface area contributed by atoms with Gasteiger partial charge in [-0.2, -0.15) is 0 Å². The number of hydrogen-bond acceptors (Lipinski definition) is 5. The van der Waals surface area contributed by atoms with E-state index in [0.29, 0.717) is 22.3 Å². The molecule has 0 bridgehead atoms. The lowest BCUT2D eigenvalue weighted by Crippen LogP contribution is -2.45. The van der Waals surface area contributed by atoms with Crippen molar-refractivity contribution in [3.05, 3.63) is 47.7 Å². The summed E-state index contributed by atoms with van der Waals surface area (Å²) in [6, 6.07) is 11.2. The van der Waals surface area contributed by atoms with Crippen molar-refractivity contribution >= 4 is 22.9 Å². The van der Waals surface area contributed by atoms with Gasteiger partial charge in [-0.25, -0.2) is 4.98 Å². The predicted octanol–water partition coefficient (Wildman–Crippen LogP) is 2.84. The van der Waals surface area contributed by atoms with E-state index < -0.39 is 0 Å². The SMILES string of the molecule is Cc1noc2nc(-c3ccccc3)cc(C(=O)NCC(=O)NC(C)(C)C)c12. The third-order valence-corrected chi connectivity index (χ3v) is 3.86. The number of rotatable bonds is 4. The normalized spacial score (nSPS) is 11.4. The minimum atomic E-state index is -0.380. The molecule has 3 rings (SSSR count). The highest BCUT2D eigenvalue weighted by Crippen LogP contribution is 2.26. The van der Waals surface area contributed by atoms with Crippen molar-refractivity contribution in [2.75, 3.05) is 6.54 Å².